The highest BCUT2D eigenvalue weighted by atomic mass is 32.1. The molecule has 3 rings (SSSR count). The average molecular weight is 359 g/mol. The van der Waals surface area contributed by atoms with Gasteiger partial charge in [0.2, 0.25) is 5.91 Å². The molecule has 4 nitrogen and oxygen atoms in total. The highest BCUT2D eigenvalue weighted by molar-refractivity contribution is 7.10. The van der Waals surface area contributed by atoms with E-state index < -0.39 is 0 Å². The fourth-order valence-electron chi connectivity index (χ4n) is 3.24. The first kappa shape index (κ1) is 18.0. The van der Waals surface area contributed by atoms with Crippen LogP contribution in [0, 0.1) is 0 Å². The van der Waals surface area contributed by atoms with E-state index in [1.165, 1.54) is 4.88 Å². The number of amides is 1. The van der Waals surface area contributed by atoms with Crippen LogP contribution in [0.3, 0.4) is 0 Å². The Labute approximate surface area is 153 Å². The molecular weight excluding hydrogens is 334 g/mol. The number of hydrogen-bond acceptors (Lipinski definition) is 4. The van der Waals surface area contributed by atoms with Crippen LogP contribution < -0.4 is 10.1 Å². The molecule has 134 valence electrons. The molecule has 25 heavy (non-hydrogen) atoms. The van der Waals surface area contributed by atoms with Gasteiger partial charge in [-0.3, -0.25) is 4.79 Å². The van der Waals surface area contributed by atoms with Crippen molar-refractivity contribution in [3.8, 4) is 5.75 Å². The largest absolute Gasteiger partial charge is 0.494 e. The number of nitrogens with one attached hydrogen (secondary N) is 1. The lowest BCUT2D eigenvalue weighted by Gasteiger charge is -2.36. The Kier molecular flexibility index (Phi) is 6.10. The van der Waals surface area contributed by atoms with Gasteiger partial charge in [0.15, 0.2) is 0 Å². The van der Waals surface area contributed by atoms with Crippen molar-refractivity contribution in [2.45, 2.75) is 31.6 Å². The molecular formula is C20H25NO3S. The molecule has 1 aliphatic heterocycles. The van der Waals surface area contributed by atoms with Gasteiger partial charge in [-0.05, 0) is 48.9 Å². The molecule has 0 saturated carbocycles. The molecule has 0 spiro atoms. The van der Waals surface area contributed by atoms with E-state index in [4.69, 9.17) is 9.47 Å². The van der Waals surface area contributed by atoms with Crippen molar-refractivity contribution in [2.75, 3.05) is 26.4 Å². The summed E-state index contributed by atoms with van der Waals surface area (Å²) in [5, 5.41) is 5.26. The Hall–Kier alpha value is -1.85. The molecule has 1 aromatic heterocycles. The van der Waals surface area contributed by atoms with Crippen LogP contribution in [0.5, 0.6) is 5.75 Å². The summed E-state index contributed by atoms with van der Waals surface area (Å²) in [6.07, 6.45) is 2.30. The van der Waals surface area contributed by atoms with Crippen molar-refractivity contribution in [1.82, 2.24) is 5.32 Å². The topological polar surface area (TPSA) is 47.6 Å². The maximum atomic E-state index is 12.4. The molecule has 0 bridgehead atoms. The molecule has 0 radical (unpaired) electrons. The summed E-state index contributed by atoms with van der Waals surface area (Å²) in [6.45, 7) is 4.79. The number of rotatable bonds is 7. The summed E-state index contributed by atoms with van der Waals surface area (Å²) in [5.41, 5.74) is 1.01. The van der Waals surface area contributed by atoms with E-state index in [0.29, 0.717) is 19.6 Å². The number of hydrogen-bond donors (Lipinski definition) is 1. The Morgan fingerprint density at radius 2 is 2.00 bits per heavy atom. The van der Waals surface area contributed by atoms with Gasteiger partial charge in [0, 0.05) is 30.1 Å². The molecule has 0 aliphatic carbocycles. The molecule has 2 aromatic rings. The van der Waals surface area contributed by atoms with Crippen LogP contribution in [-0.4, -0.2) is 32.3 Å². The predicted molar refractivity (Wildman–Crippen MR) is 100 cm³/mol. The van der Waals surface area contributed by atoms with Crippen LogP contribution in [-0.2, 0) is 21.4 Å². The van der Waals surface area contributed by atoms with Gasteiger partial charge in [0.1, 0.15) is 5.75 Å². The molecule has 0 unspecified atom stereocenters. The van der Waals surface area contributed by atoms with Gasteiger partial charge in [-0.1, -0.05) is 18.2 Å². The second kappa shape index (κ2) is 8.50. The van der Waals surface area contributed by atoms with E-state index in [0.717, 1.165) is 37.4 Å². The van der Waals surface area contributed by atoms with Gasteiger partial charge in [0.05, 0.1) is 13.0 Å². The molecule has 2 heterocycles. The fraction of sp³-hybridized carbons (Fsp3) is 0.450. The molecule has 0 atom stereocenters. The summed E-state index contributed by atoms with van der Waals surface area (Å²) in [4.78, 5) is 13.8. The lowest BCUT2D eigenvalue weighted by molar-refractivity contribution is -0.120. The Bertz CT molecular complexity index is 661. The standard InChI is InChI=1S/C20H25NO3S/c1-2-24-17-7-5-16(6-8-17)14-19(22)21-15-20(9-11-23-12-10-20)18-4-3-13-25-18/h3-8,13H,2,9-12,14-15H2,1H3,(H,21,22). The lowest BCUT2D eigenvalue weighted by Crippen LogP contribution is -2.44. The third-order valence-electron chi connectivity index (χ3n) is 4.72. The van der Waals surface area contributed by atoms with Crippen LogP contribution in [0.15, 0.2) is 41.8 Å². The molecule has 1 aliphatic rings. The molecule has 1 N–H and O–H groups in total. The molecule has 1 fully saturated rings. The van der Waals surface area contributed by atoms with Crippen LogP contribution in [0.1, 0.15) is 30.2 Å². The zero-order valence-electron chi connectivity index (χ0n) is 14.6. The van der Waals surface area contributed by atoms with Crippen molar-refractivity contribution in [1.29, 1.82) is 0 Å². The highest BCUT2D eigenvalue weighted by Crippen LogP contribution is 2.36. The fourth-order valence-corrected chi connectivity index (χ4v) is 4.23. The second-order valence-electron chi connectivity index (χ2n) is 6.40. The predicted octanol–water partition coefficient (Wildman–Crippen LogP) is 3.55. The number of ether oxygens (including phenoxy) is 2. The minimum Gasteiger partial charge on any atom is -0.494 e. The number of carbonyl (C=O) groups excluding carboxylic acids is 1. The summed E-state index contributed by atoms with van der Waals surface area (Å²) < 4.78 is 11.0. The third-order valence-corrected chi connectivity index (χ3v) is 5.83. The summed E-state index contributed by atoms with van der Waals surface area (Å²) >= 11 is 1.77. The van der Waals surface area contributed by atoms with Gasteiger partial charge in [-0.15, -0.1) is 11.3 Å². The third kappa shape index (κ3) is 4.61. The van der Waals surface area contributed by atoms with Crippen LogP contribution in [0.2, 0.25) is 0 Å². The number of benzene rings is 1. The first-order chi connectivity index (χ1) is 12.2. The van der Waals surface area contributed by atoms with Crippen molar-refractivity contribution in [3.63, 3.8) is 0 Å². The van der Waals surface area contributed by atoms with E-state index in [-0.39, 0.29) is 11.3 Å². The summed E-state index contributed by atoms with van der Waals surface area (Å²) in [6, 6.07) is 12.0. The van der Waals surface area contributed by atoms with Crippen molar-refractivity contribution >= 4 is 17.2 Å². The van der Waals surface area contributed by atoms with Gasteiger partial charge in [0.25, 0.3) is 0 Å². The van der Waals surface area contributed by atoms with Crippen LogP contribution in [0.25, 0.3) is 0 Å². The average Bonchev–Trinajstić information content (AvgIpc) is 3.18. The smallest absolute Gasteiger partial charge is 0.224 e. The van der Waals surface area contributed by atoms with Gasteiger partial charge >= 0.3 is 0 Å². The Morgan fingerprint density at radius 1 is 1.24 bits per heavy atom. The van der Waals surface area contributed by atoms with Crippen molar-refractivity contribution in [3.05, 3.63) is 52.2 Å². The quantitative estimate of drug-likeness (QED) is 0.822. The zero-order chi connectivity index (χ0) is 17.5. The van der Waals surface area contributed by atoms with E-state index in [9.17, 15) is 4.79 Å². The maximum Gasteiger partial charge on any atom is 0.224 e. The van der Waals surface area contributed by atoms with Gasteiger partial charge < -0.3 is 14.8 Å². The van der Waals surface area contributed by atoms with E-state index in [1.807, 2.05) is 31.2 Å². The minimum atomic E-state index is 0.0148. The number of carbonyl (C=O) groups is 1. The summed E-state index contributed by atoms with van der Waals surface area (Å²) in [7, 11) is 0. The lowest BCUT2D eigenvalue weighted by atomic mass is 9.78. The van der Waals surface area contributed by atoms with E-state index in [1.54, 1.807) is 11.3 Å². The highest BCUT2D eigenvalue weighted by Gasteiger charge is 2.35. The maximum absolute atomic E-state index is 12.4. The molecule has 1 amide bonds. The number of thiophene rings is 1. The Balaban J connectivity index is 1.58. The van der Waals surface area contributed by atoms with Gasteiger partial charge in [-0.25, -0.2) is 0 Å². The first-order valence-corrected chi connectivity index (χ1v) is 9.70. The van der Waals surface area contributed by atoms with E-state index in [2.05, 4.69) is 22.8 Å². The SMILES string of the molecule is CCOc1ccc(CC(=O)NCC2(c3cccs3)CCOCC2)cc1. The monoisotopic (exact) mass is 359 g/mol. The van der Waals surface area contributed by atoms with Gasteiger partial charge in [-0.2, -0.15) is 0 Å². The molecule has 1 aromatic carbocycles. The van der Waals surface area contributed by atoms with Crippen molar-refractivity contribution in [2.24, 2.45) is 0 Å². The summed E-state index contributed by atoms with van der Waals surface area (Å²) in [5.74, 6) is 0.900. The first-order valence-electron chi connectivity index (χ1n) is 8.82. The van der Waals surface area contributed by atoms with Crippen LogP contribution in [0.4, 0.5) is 0 Å². The van der Waals surface area contributed by atoms with E-state index >= 15 is 0 Å². The molecule has 5 heteroatoms. The van der Waals surface area contributed by atoms with Crippen LogP contribution >= 0.6 is 11.3 Å². The van der Waals surface area contributed by atoms with Crippen molar-refractivity contribution < 1.29 is 14.3 Å². The minimum absolute atomic E-state index is 0.0148. The Morgan fingerprint density at radius 3 is 2.64 bits per heavy atom. The molecule has 1 saturated heterocycles. The normalized spacial score (nSPS) is 16.4. The zero-order valence-corrected chi connectivity index (χ0v) is 15.4. The second-order valence-corrected chi connectivity index (χ2v) is 7.35.